The number of carbonyl (C=O) groups excluding carboxylic acids is 2. The van der Waals surface area contributed by atoms with E-state index in [2.05, 4.69) is 3.39 Å². The van der Waals surface area contributed by atoms with Gasteiger partial charge in [-0.25, -0.2) is 0 Å². The van der Waals surface area contributed by atoms with Crippen molar-refractivity contribution in [2.75, 3.05) is 0 Å². The number of ketones is 1. The van der Waals surface area contributed by atoms with Gasteiger partial charge in [0.25, 0.3) is 0 Å². The summed E-state index contributed by atoms with van der Waals surface area (Å²) in [4.78, 5) is 20.0. The molecule has 0 atom stereocenters. The van der Waals surface area contributed by atoms with Crippen molar-refractivity contribution in [2.24, 2.45) is 0 Å². The molecule has 0 saturated heterocycles. The van der Waals surface area contributed by atoms with E-state index in [9.17, 15) is 16.4 Å². The van der Waals surface area contributed by atoms with Gasteiger partial charge in [-0.1, -0.05) is 0 Å². The summed E-state index contributed by atoms with van der Waals surface area (Å²) in [5.74, 6) is -2.22. The summed E-state index contributed by atoms with van der Waals surface area (Å²) in [6, 6.07) is 0. The molecule has 0 N–H and O–H groups in total. The molecular weight excluding hydrogens is 212 g/mol. The van der Waals surface area contributed by atoms with Crippen molar-refractivity contribution in [3.8, 4) is 0 Å². The van der Waals surface area contributed by atoms with Crippen LogP contribution >= 0.6 is 0 Å². The Labute approximate surface area is 56.6 Å². The second kappa shape index (κ2) is 3.45. The molecule has 0 aromatic heterocycles. The van der Waals surface area contributed by atoms with Gasteiger partial charge in [-0.05, 0) is 0 Å². The number of rotatable bonds is 2. The topological polar surface area (TPSA) is 77.5 Å². The molecule has 0 aliphatic carbocycles. The van der Waals surface area contributed by atoms with Gasteiger partial charge in [0.05, 0.1) is 0 Å². The van der Waals surface area contributed by atoms with Gasteiger partial charge >= 0.3 is 56.1 Å². The molecule has 51 valence electrons. The summed E-state index contributed by atoms with van der Waals surface area (Å²) >= 11 is -4.11. The van der Waals surface area contributed by atoms with E-state index in [-0.39, 0.29) is 0 Å². The van der Waals surface area contributed by atoms with Crippen LogP contribution in [0.4, 0.5) is 0 Å². The van der Waals surface area contributed by atoms with E-state index >= 15 is 0 Å². The molecule has 0 aliphatic rings. The molecule has 0 amide bonds. The molecule has 0 radical (unpaired) electrons. The summed E-state index contributed by atoms with van der Waals surface area (Å²) in [5, 5.41) is 0. The molecule has 6 heteroatoms. The molecule has 0 spiro atoms. The van der Waals surface area contributed by atoms with Crippen molar-refractivity contribution in [3.63, 3.8) is 0 Å². The predicted octanol–water partition coefficient (Wildman–Crippen LogP) is -0.657. The third-order valence-electron chi connectivity index (χ3n) is 0.431. The van der Waals surface area contributed by atoms with E-state index in [1.54, 1.807) is 0 Å². The van der Waals surface area contributed by atoms with E-state index in [0.717, 1.165) is 6.92 Å². The standard InChI is InChI=1S/C3H4O3.Mo.2O/c1-2(4)3(5)6;;;/h1H3,(H,5,6);;;/q;+1;;/p-1. The quantitative estimate of drug-likeness (QED) is 0.451. The number of Topliss-reactive ketones (excluding diaryl/α,β-unsaturated/α-hetero) is 1. The molecule has 0 aromatic rings. The van der Waals surface area contributed by atoms with Crippen molar-refractivity contribution in [1.29, 1.82) is 0 Å². The Morgan fingerprint density at radius 3 is 1.89 bits per heavy atom. The minimum absolute atomic E-state index is 0.910. The van der Waals surface area contributed by atoms with Crippen LogP contribution in [-0.4, -0.2) is 11.8 Å². The third kappa shape index (κ3) is 3.97. The molecule has 0 bridgehead atoms. The monoisotopic (exact) mass is 217 g/mol. The zero-order valence-corrected chi connectivity index (χ0v) is 6.46. The first-order valence-electron chi connectivity index (χ1n) is 1.86. The molecule has 0 aromatic carbocycles. The molecule has 0 fully saturated rings. The van der Waals surface area contributed by atoms with Crippen LogP contribution in [-0.2, 0) is 37.4 Å². The fraction of sp³-hybridized carbons (Fsp3) is 0.333. The van der Waals surface area contributed by atoms with Crippen molar-refractivity contribution in [1.82, 2.24) is 0 Å². The Bertz CT molecular complexity index is 194. The zero-order chi connectivity index (χ0) is 7.44. The molecular formula is C3H3MoO5. The Morgan fingerprint density at radius 2 is 1.78 bits per heavy atom. The minimum atomic E-state index is -4.11. The molecule has 0 heterocycles. The fourth-order valence-electron chi connectivity index (χ4n) is 0.120. The van der Waals surface area contributed by atoms with E-state index in [4.69, 9.17) is 0 Å². The Morgan fingerprint density at radius 1 is 1.33 bits per heavy atom. The summed E-state index contributed by atoms with van der Waals surface area (Å²) < 4.78 is 22.9. The Hall–Kier alpha value is -0.572. The molecule has 0 unspecified atom stereocenters. The first-order chi connectivity index (χ1) is 4.04. The summed E-state index contributed by atoms with van der Waals surface area (Å²) in [5.41, 5.74) is 0. The predicted molar refractivity (Wildman–Crippen MR) is 18.1 cm³/mol. The summed E-state index contributed by atoms with van der Waals surface area (Å²) in [6.07, 6.45) is 0. The van der Waals surface area contributed by atoms with Gasteiger partial charge < -0.3 is 0 Å². The van der Waals surface area contributed by atoms with Gasteiger partial charge in [-0.3, -0.25) is 0 Å². The normalized spacial score (nSPS) is 8.11. The van der Waals surface area contributed by atoms with E-state index in [1.807, 2.05) is 0 Å². The third-order valence-corrected chi connectivity index (χ3v) is 1.14. The first-order valence-corrected chi connectivity index (χ1v) is 4.32. The SMILES string of the molecule is CC(=O)C(=O)[O][Mo](=[O])=[O]. The van der Waals surface area contributed by atoms with Crippen molar-refractivity contribution >= 4 is 11.8 Å². The number of hydrogen-bond acceptors (Lipinski definition) is 5. The van der Waals surface area contributed by atoms with E-state index < -0.39 is 29.4 Å². The van der Waals surface area contributed by atoms with Crippen LogP contribution in [0, 0.1) is 0 Å². The zero-order valence-electron chi connectivity index (χ0n) is 4.45. The van der Waals surface area contributed by atoms with Crippen molar-refractivity contribution in [3.05, 3.63) is 0 Å². The summed E-state index contributed by atoms with van der Waals surface area (Å²) in [7, 11) is 0. The average Bonchev–Trinajstić information content (AvgIpc) is 1.63. The molecule has 0 saturated carbocycles. The van der Waals surface area contributed by atoms with Gasteiger partial charge in [0.2, 0.25) is 0 Å². The van der Waals surface area contributed by atoms with Crippen LogP contribution in [0.2, 0.25) is 0 Å². The molecule has 0 rings (SSSR count). The van der Waals surface area contributed by atoms with Crippen molar-refractivity contribution in [2.45, 2.75) is 6.92 Å². The van der Waals surface area contributed by atoms with Crippen LogP contribution in [0.15, 0.2) is 0 Å². The van der Waals surface area contributed by atoms with Crippen LogP contribution in [0.1, 0.15) is 6.92 Å². The molecule has 0 aliphatic heterocycles. The van der Waals surface area contributed by atoms with Crippen molar-refractivity contribution < 1.29 is 37.4 Å². The van der Waals surface area contributed by atoms with Crippen LogP contribution in [0.3, 0.4) is 0 Å². The maximum atomic E-state index is 10.0. The second-order valence-corrected chi connectivity index (χ2v) is 2.54. The second-order valence-electron chi connectivity index (χ2n) is 1.13. The van der Waals surface area contributed by atoms with Gasteiger partial charge in [-0.2, -0.15) is 0 Å². The first kappa shape index (κ1) is 8.43. The van der Waals surface area contributed by atoms with Gasteiger partial charge in [0.15, 0.2) is 0 Å². The Kier molecular flexibility index (Phi) is 3.23. The van der Waals surface area contributed by atoms with Crippen LogP contribution in [0.5, 0.6) is 0 Å². The van der Waals surface area contributed by atoms with E-state index in [1.165, 1.54) is 0 Å². The number of hydrogen-bond donors (Lipinski definition) is 0. The number of carbonyl (C=O) groups is 2. The van der Waals surface area contributed by atoms with Gasteiger partial charge in [-0.15, -0.1) is 0 Å². The van der Waals surface area contributed by atoms with Crippen LogP contribution in [0.25, 0.3) is 0 Å². The Balaban J connectivity index is 3.94. The summed E-state index contributed by atoms with van der Waals surface area (Å²) in [6.45, 7) is 0.935. The molecule has 9 heavy (non-hydrogen) atoms. The van der Waals surface area contributed by atoms with E-state index in [0.29, 0.717) is 0 Å². The maximum absolute atomic E-state index is 10.0. The van der Waals surface area contributed by atoms with Gasteiger partial charge in [0, 0.05) is 0 Å². The average molecular weight is 215 g/mol. The van der Waals surface area contributed by atoms with Gasteiger partial charge in [0.1, 0.15) is 0 Å². The fourth-order valence-corrected chi connectivity index (χ4v) is 0.713. The van der Waals surface area contributed by atoms with Crippen LogP contribution < -0.4 is 0 Å². The molecule has 5 nitrogen and oxygen atoms in total.